The number of anilines is 1. The molecule has 3 rings (SSSR count). The van der Waals surface area contributed by atoms with Crippen molar-refractivity contribution in [2.24, 2.45) is 0 Å². The Kier molecular flexibility index (Phi) is 6.03. The summed E-state index contributed by atoms with van der Waals surface area (Å²) in [6.45, 7) is 6.47. The van der Waals surface area contributed by atoms with Gasteiger partial charge in [-0.05, 0) is 44.4 Å². The van der Waals surface area contributed by atoms with Gasteiger partial charge in [0.05, 0.1) is 5.75 Å². The minimum Gasteiger partial charge on any atom is -0.370 e. The average molecular weight is 375 g/mol. The van der Waals surface area contributed by atoms with Crippen LogP contribution in [0.5, 0.6) is 0 Å². The van der Waals surface area contributed by atoms with E-state index in [0.717, 1.165) is 31.8 Å². The molecule has 1 aliphatic carbocycles. The van der Waals surface area contributed by atoms with Gasteiger partial charge < -0.3 is 16.1 Å². The minimum atomic E-state index is -0.0220. The average Bonchev–Trinajstić information content (AvgIpc) is 3.40. The molecule has 0 saturated heterocycles. The van der Waals surface area contributed by atoms with Crippen LogP contribution in [0.15, 0.2) is 29.4 Å². The number of carbonyl (C=O) groups excluding carboxylic acids is 1. The van der Waals surface area contributed by atoms with Gasteiger partial charge in [-0.15, -0.1) is 10.2 Å². The molecule has 1 fully saturated rings. The number of nitrogens with zero attached hydrogens (tertiary/aromatic N) is 4. The molecule has 0 atom stereocenters. The van der Waals surface area contributed by atoms with Gasteiger partial charge in [0.15, 0.2) is 5.82 Å². The number of hydrogen-bond acceptors (Lipinski definition) is 6. The highest BCUT2D eigenvalue weighted by molar-refractivity contribution is 7.99. The van der Waals surface area contributed by atoms with E-state index in [9.17, 15) is 4.79 Å². The van der Waals surface area contributed by atoms with Crippen LogP contribution in [0, 0.1) is 6.92 Å². The van der Waals surface area contributed by atoms with Crippen LogP contribution in [0.2, 0.25) is 0 Å². The molecule has 140 valence electrons. The Morgan fingerprint density at radius 3 is 2.92 bits per heavy atom. The number of amides is 1. The normalized spacial score (nSPS) is 13.6. The van der Waals surface area contributed by atoms with Crippen molar-refractivity contribution in [2.45, 2.75) is 37.8 Å². The Balaban J connectivity index is 1.42. The number of likely N-dealkylation sites (N-methyl/N-ethyl adjacent to an activating group) is 1. The lowest BCUT2D eigenvalue weighted by atomic mass is 10.2. The number of hydrogen-bond donors (Lipinski definition) is 2. The van der Waals surface area contributed by atoms with Crippen molar-refractivity contribution in [2.75, 3.05) is 36.1 Å². The fourth-order valence-corrected chi connectivity index (χ4v) is 3.51. The Morgan fingerprint density at radius 1 is 1.42 bits per heavy atom. The summed E-state index contributed by atoms with van der Waals surface area (Å²) in [6, 6.07) is 8.40. The summed E-state index contributed by atoms with van der Waals surface area (Å²) in [7, 11) is 0. The molecular weight excluding hydrogens is 348 g/mol. The first kappa shape index (κ1) is 18.6. The standard InChI is InChI=1S/C18H26N6OS/c1-3-23(15-6-4-5-13(2)11-15)10-9-20-16(25)12-26-18-22-21-17(24(18)19)14-7-8-14/h4-6,11,14H,3,7-10,12,19H2,1-2H3,(H,20,25). The molecule has 2 aromatic rings. The second-order valence-electron chi connectivity index (χ2n) is 6.54. The second-order valence-corrected chi connectivity index (χ2v) is 7.48. The van der Waals surface area contributed by atoms with Crippen molar-refractivity contribution in [1.29, 1.82) is 0 Å². The van der Waals surface area contributed by atoms with E-state index in [-0.39, 0.29) is 11.7 Å². The van der Waals surface area contributed by atoms with Crippen LogP contribution in [0.25, 0.3) is 0 Å². The van der Waals surface area contributed by atoms with E-state index < -0.39 is 0 Å². The topological polar surface area (TPSA) is 89.1 Å². The van der Waals surface area contributed by atoms with Crippen molar-refractivity contribution in [3.05, 3.63) is 35.7 Å². The molecule has 26 heavy (non-hydrogen) atoms. The molecule has 0 radical (unpaired) electrons. The van der Waals surface area contributed by atoms with Gasteiger partial charge in [-0.2, -0.15) is 0 Å². The lowest BCUT2D eigenvalue weighted by Gasteiger charge is -2.23. The highest BCUT2D eigenvalue weighted by Gasteiger charge is 2.30. The van der Waals surface area contributed by atoms with Crippen LogP contribution in [-0.2, 0) is 4.79 Å². The van der Waals surface area contributed by atoms with Gasteiger partial charge in [0.1, 0.15) is 0 Å². The van der Waals surface area contributed by atoms with Gasteiger partial charge in [-0.25, -0.2) is 4.68 Å². The van der Waals surface area contributed by atoms with E-state index in [0.29, 0.717) is 17.6 Å². The Bertz CT molecular complexity index is 758. The molecule has 1 heterocycles. The first-order chi connectivity index (χ1) is 12.6. The third-order valence-electron chi connectivity index (χ3n) is 4.42. The Morgan fingerprint density at radius 2 is 2.23 bits per heavy atom. The smallest absolute Gasteiger partial charge is 0.230 e. The van der Waals surface area contributed by atoms with Crippen molar-refractivity contribution >= 4 is 23.4 Å². The maximum Gasteiger partial charge on any atom is 0.230 e. The number of thioether (sulfide) groups is 1. The van der Waals surface area contributed by atoms with Crippen LogP contribution < -0.4 is 16.1 Å². The molecule has 1 saturated carbocycles. The summed E-state index contributed by atoms with van der Waals surface area (Å²) in [5.74, 6) is 7.53. The van der Waals surface area contributed by atoms with E-state index in [1.165, 1.54) is 27.7 Å². The molecule has 7 nitrogen and oxygen atoms in total. The third-order valence-corrected chi connectivity index (χ3v) is 5.36. The van der Waals surface area contributed by atoms with Crippen molar-refractivity contribution in [1.82, 2.24) is 20.2 Å². The monoisotopic (exact) mass is 374 g/mol. The van der Waals surface area contributed by atoms with E-state index in [1.54, 1.807) is 0 Å². The fraction of sp³-hybridized carbons (Fsp3) is 0.500. The summed E-state index contributed by atoms with van der Waals surface area (Å²) in [4.78, 5) is 14.3. The molecule has 8 heteroatoms. The summed E-state index contributed by atoms with van der Waals surface area (Å²) in [5.41, 5.74) is 2.41. The molecular formula is C18H26N6OS. The van der Waals surface area contributed by atoms with Gasteiger partial charge in [-0.3, -0.25) is 4.79 Å². The van der Waals surface area contributed by atoms with Gasteiger partial charge in [-0.1, -0.05) is 23.9 Å². The van der Waals surface area contributed by atoms with E-state index in [4.69, 9.17) is 5.84 Å². The van der Waals surface area contributed by atoms with Crippen LogP contribution >= 0.6 is 11.8 Å². The van der Waals surface area contributed by atoms with Gasteiger partial charge >= 0.3 is 0 Å². The zero-order valence-corrected chi connectivity index (χ0v) is 16.1. The van der Waals surface area contributed by atoms with Crippen molar-refractivity contribution in [3.63, 3.8) is 0 Å². The number of benzene rings is 1. The maximum absolute atomic E-state index is 12.1. The second kappa shape index (κ2) is 8.44. The number of nitrogens with two attached hydrogens (primary N) is 1. The van der Waals surface area contributed by atoms with Crippen LogP contribution in [0.1, 0.15) is 37.1 Å². The number of rotatable bonds is 9. The van der Waals surface area contributed by atoms with E-state index in [2.05, 4.69) is 58.5 Å². The molecule has 1 aromatic carbocycles. The molecule has 0 spiro atoms. The minimum absolute atomic E-state index is 0.0220. The summed E-state index contributed by atoms with van der Waals surface area (Å²) in [6.07, 6.45) is 2.24. The maximum atomic E-state index is 12.1. The third kappa shape index (κ3) is 4.69. The van der Waals surface area contributed by atoms with Crippen molar-refractivity contribution < 1.29 is 4.79 Å². The lowest BCUT2D eigenvalue weighted by Crippen LogP contribution is -2.35. The van der Waals surface area contributed by atoms with Crippen LogP contribution in [-0.4, -0.2) is 46.2 Å². The van der Waals surface area contributed by atoms with Gasteiger partial charge in [0, 0.05) is 31.2 Å². The lowest BCUT2D eigenvalue weighted by molar-refractivity contribution is -0.118. The summed E-state index contributed by atoms with van der Waals surface area (Å²) >= 11 is 1.32. The molecule has 1 aliphatic rings. The number of carbonyl (C=O) groups is 1. The van der Waals surface area contributed by atoms with Crippen LogP contribution in [0.4, 0.5) is 5.69 Å². The SMILES string of the molecule is CCN(CCNC(=O)CSc1nnc(C2CC2)n1N)c1cccc(C)c1. The van der Waals surface area contributed by atoms with Gasteiger partial charge in [0.2, 0.25) is 11.1 Å². The molecule has 0 unspecified atom stereocenters. The highest BCUT2D eigenvalue weighted by atomic mass is 32.2. The summed E-state index contributed by atoms with van der Waals surface area (Å²) < 4.78 is 1.52. The summed E-state index contributed by atoms with van der Waals surface area (Å²) in [5, 5.41) is 11.8. The molecule has 1 amide bonds. The number of aryl methyl sites for hydroxylation is 1. The predicted molar refractivity (Wildman–Crippen MR) is 105 cm³/mol. The molecule has 1 aromatic heterocycles. The molecule has 0 bridgehead atoms. The predicted octanol–water partition coefficient (Wildman–Crippen LogP) is 1.91. The number of nitrogens with one attached hydrogen (secondary N) is 1. The molecule has 0 aliphatic heterocycles. The van der Waals surface area contributed by atoms with E-state index in [1.807, 2.05) is 0 Å². The Labute approximate surface area is 158 Å². The zero-order valence-electron chi connectivity index (χ0n) is 15.3. The largest absolute Gasteiger partial charge is 0.370 e. The van der Waals surface area contributed by atoms with Gasteiger partial charge in [0.25, 0.3) is 0 Å². The van der Waals surface area contributed by atoms with E-state index >= 15 is 0 Å². The number of aromatic nitrogens is 3. The first-order valence-electron chi connectivity index (χ1n) is 9.00. The highest BCUT2D eigenvalue weighted by Crippen LogP contribution is 2.39. The quantitative estimate of drug-likeness (QED) is 0.515. The van der Waals surface area contributed by atoms with Crippen LogP contribution in [0.3, 0.4) is 0 Å². The van der Waals surface area contributed by atoms with Crippen molar-refractivity contribution in [3.8, 4) is 0 Å². The fourth-order valence-electron chi connectivity index (χ4n) is 2.81. The Hall–Kier alpha value is -2.22. The zero-order chi connectivity index (χ0) is 18.5. The molecule has 3 N–H and O–H groups in total. The first-order valence-corrected chi connectivity index (χ1v) is 9.98. The number of nitrogen functional groups attached to an aromatic ring is 1.